The van der Waals surface area contributed by atoms with Gasteiger partial charge in [-0.2, -0.15) is 0 Å². The second kappa shape index (κ2) is 5.20. The molecule has 0 bridgehead atoms. The average Bonchev–Trinajstić information content (AvgIpc) is 2.63. The number of rotatable bonds is 2. The van der Waals surface area contributed by atoms with Gasteiger partial charge in [-0.1, -0.05) is 5.92 Å². The van der Waals surface area contributed by atoms with Crippen LogP contribution in [0.4, 0.5) is 4.39 Å². The van der Waals surface area contributed by atoms with Gasteiger partial charge in [-0.25, -0.2) is 9.18 Å². The van der Waals surface area contributed by atoms with E-state index in [4.69, 9.17) is 9.84 Å². The Morgan fingerprint density at radius 2 is 2.30 bits per heavy atom. The lowest BCUT2D eigenvalue weighted by molar-refractivity contribution is -0.0543. The van der Waals surface area contributed by atoms with Crippen LogP contribution in [-0.2, 0) is 4.74 Å². The zero-order chi connectivity index (χ0) is 14.9. The van der Waals surface area contributed by atoms with Crippen LogP contribution < -0.4 is 11.2 Å². The first-order chi connectivity index (χ1) is 9.43. The van der Waals surface area contributed by atoms with Gasteiger partial charge in [-0.05, 0) is 6.92 Å². The molecule has 1 fully saturated rings. The monoisotopic (exact) mass is 284 g/mol. The molecule has 2 rings (SSSR count). The molecule has 0 spiro atoms. The van der Waals surface area contributed by atoms with Gasteiger partial charge >= 0.3 is 5.69 Å². The Morgan fingerprint density at radius 3 is 2.85 bits per heavy atom. The maximum atomic E-state index is 14.9. The van der Waals surface area contributed by atoms with E-state index >= 15 is 0 Å². The molecule has 0 aliphatic carbocycles. The number of aromatic nitrogens is 2. The third-order valence-corrected chi connectivity index (χ3v) is 3.05. The van der Waals surface area contributed by atoms with Crippen LogP contribution in [-0.4, -0.2) is 44.2 Å². The molecular weight excluding hydrogens is 271 g/mol. The van der Waals surface area contributed by atoms with Gasteiger partial charge < -0.3 is 14.9 Å². The van der Waals surface area contributed by atoms with Gasteiger partial charge in [0.2, 0.25) is 5.67 Å². The van der Waals surface area contributed by atoms with E-state index < -0.39 is 42.0 Å². The van der Waals surface area contributed by atoms with Crippen LogP contribution >= 0.6 is 0 Å². The van der Waals surface area contributed by atoms with Crippen molar-refractivity contribution in [1.29, 1.82) is 0 Å². The van der Waals surface area contributed by atoms with Crippen LogP contribution in [0.3, 0.4) is 0 Å². The van der Waals surface area contributed by atoms with Crippen molar-refractivity contribution >= 4 is 0 Å². The zero-order valence-electron chi connectivity index (χ0n) is 10.5. The fourth-order valence-corrected chi connectivity index (χ4v) is 2.11. The molecule has 0 saturated carbocycles. The topological polar surface area (TPSA) is 105 Å². The van der Waals surface area contributed by atoms with Gasteiger partial charge in [-0.3, -0.25) is 14.3 Å². The summed E-state index contributed by atoms with van der Waals surface area (Å²) in [5.41, 5.74) is -4.10. The number of nitrogens with one attached hydrogen (secondary N) is 1. The quantitative estimate of drug-likeness (QED) is 0.574. The molecule has 0 amide bonds. The predicted molar refractivity (Wildman–Crippen MR) is 65.6 cm³/mol. The Balaban J connectivity index is 2.55. The summed E-state index contributed by atoms with van der Waals surface area (Å²) in [6, 6.07) is 1.02. The highest BCUT2D eigenvalue weighted by molar-refractivity contribution is 5.22. The minimum atomic E-state index is -2.57. The molecule has 1 aromatic heterocycles. The van der Waals surface area contributed by atoms with Gasteiger partial charge in [0.05, 0.1) is 6.61 Å². The van der Waals surface area contributed by atoms with E-state index in [2.05, 4.69) is 11.8 Å². The summed E-state index contributed by atoms with van der Waals surface area (Å²) < 4.78 is 20.8. The average molecular weight is 284 g/mol. The SMILES string of the molecule is CC#CC1(F)C(n2ccc(=O)[nH]c2=O)OC(CO)[C@@H]1O. The van der Waals surface area contributed by atoms with Crippen LogP contribution in [0.15, 0.2) is 21.9 Å². The fourth-order valence-electron chi connectivity index (χ4n) is 2.11. The maximum Gasteiger partial charge on any atom is 0.330 e. The number of aliphatic hydroxyl groups excluding tert-OH is 2. The second-order valence-corrected chi connectivity index (χ2v) is 4.31. The van der Waals surface area contributed by atoms with E-state index in [9.17, 15) is 19.1 Å². The number of halogens is 1. The first-order valence-corrected chi connectivity index (χ1v) is 5.82. The van der Waals surface area contributed by atoms with Crippen LogP contribution in [0.25, 0.3) is 0 Å². The smallest absolute Gasteiger partial charge is 0.330 e. The molecule has 8 heteroatoms. The molecule has 1 saturated heterocycles. The minimum Gasteiger partial charge on any atom is -0.394 e. The molecule has 1 aliphatic heterocycles. The van der Waals surface area contributed by atoms with Crippen LogP contribution in [0.2, 0.25) is 0 Å². The van der Waals surface area contributed by atoms with E-state index in [1.54, 1.807) is 0 Å². The number of ether oxygens (including phenoxy) is 1. The molecule has 20 heavy (non-hydrogen) atoms. The van der Waals surface area contributed by atoms with Gasteiger partial charge in [0.1, 0.15) is 12.2 Å². The fraction of sp³-hybridized carbons (Fsp3) is 0.500. The molecule has 108 valence electrons. The minimum absolute atomic E-state index is 0.632. The Hall–Kier alpha value is -1.95. The molecule has 0 radical (unpaired) electrons. The molecular formula is C12H13FN2O5. The largest absolute Gasteiger partial charge is 0.394 e. The number of H-pyrrole nitrogens is 1. The summed E-state index contributed by atoms with van der Waals surface area (Å²) in [4.78, 5) is 24.7. The van der Waals surface area contributed by atoms with Crippen molar-refractivity contribution in [3.8, 4) is 11.8 Å². The summed E-state index contributed by atoms with van der Waals surface area (Å²) >= 11 is 0. The normalized spacial score (nSPS) is 32.7. The van der Waals surface area contributed by atoms with E-state index in [1.165, 1.54) is 6.92 Å². The van der Waals surface area contributed by atoms with Crippen LogP contribution in [0.5, 0.6) is 0 Å². The summed E-state index contributed by atoms with van der Waals surface area (Å²) in [5.74, 6) is 4.49. The molecule has 3 N–H and O–H groups in total. The number of hydrogen-bond acceptors (Lipinski definition) is 5. The highest BCUT2D eigenvalue weighted by Gasteiger charge is 2.57. The van der Waals surface area contributed by atoms with Gasteiger partial charge in [0.25, 0.3) is 5.56 Å². The van der Waals surface area contributed by atoms with Crippen molar-refractivity contribution in [3.05, 3.63) is 33.1 Å². The highest BCUT2D eigenvalue weighted by atomic mass is 19.1. The number of alkyl halides is 1. The molecule has 0 aromatic carbocycles. The van der Waals surface area contributed by atoms with Crippen molar-refractivity contribution in [2.45, 2.75) is 31.0 Å². The third-order valence-electron chi connectivity index (χ3n) is 3.05. The zero-order valence-corrected chi connectivity index (χ0v) is 10.5. The lowest BCUT2D eigenvalue weighted by Crippen LogP contribution is -2.45. The van der Waals surface area contributed by atoms with E-state index in [0.717, 1.165) is 16.8 Å². The van der Waals surface area contributed by atoms with Crippen molar-refractivity contribution in [3.63, 3.8) is 0 Å². The predicted octanol–water partition coefficient (Wildman–Crippen LogP) is -1.48. The van der Waals surface area contributed by atoms with Crippen molar-refractivity contribution in [2.75, 3.05) is 6.61 Å². The Morgan fingerprint density at radius 1 is 1.60 bits per heavy atom. The van der Waals surface area contributed by atoms with Crippen molar-refractivity contribution in [2.24, 2.45) is 0 Å². The lowest BCUT2D eigenvalue weighted by Gasteiger charge is -2.23. The number of aromatic amines is 1. The summed E-state index contributed by atoms with van der Waals surface area (Å²) in [6.07, 6.45) is -3.45. The first-order valence-electron chi connectivity index (χ1n) is 5.82. The first kappa shape index (κ1) is 14.5. The van der Waals surface area contributed by atoms with Crippen molar-refractivity contribution < 1.29 is 19.3 Å². The Labute approximate surface area is 112 Å². The van der Waals surface area contributed by atoms with Crippen LogP contribution in [0.1, 0.15) is 13.2 Å². The molecule has 4 atom stereocenters. The van der Waals surface area contributed by atoms with Crippen LogP contribution in [0, 0.1) is 11.8 Å². The maximum absolute atomic E-state index is 14.9. The standard InChI is InChI=1S/C12H13FN2O5/c1-2-4-12(13)9(18)7(6-16)20-10(12)15-5-3-8(17)14-11(15)19/h3,5,7,9-10,16,18H,6H2,1H3,(H,14,17,19)/t7?,9-,10?,12?/m0/s1. The van der Waals surface area contributed by atoms with E-state index in [1.807, 2.05) is 4.98 Å². The van der Waals surface area contributed by atoms with Gasteiger partial charge in [0.15, 0.2) is 6.23 Å². The number of aliphatic hydroxyl groups is 2. The number of hydrogen-bond donors (Lipinski definition) is 3. The molecule has 7 nitrogen and oxygen atoms in total. The molecule has 2 heterocycles. The highest BCUT2D eigenvalue weighted by Crippen LogP contribution is 2.40. The summed E-state index contributed by atoms with van der Waals surface area (Å²) in [6.45, 7) is 0.736. The van der Waals surface area contributed by atoms with Gasteiger partial charge in [0, 0.05) is 12.3 Å². The Bertz CT molecular complexity index is 673. The van der Waals surface area contributed by atoms with Gasteiger partial charge in [-0.15, -0.1) is 5.92 Å². The molecule has 3 unspecified atom stereocenters. The van der Waals surface area contributed by atoms with E-state index in [0.29, 0.717) is 0 Å². The lowest BCUT2D eigenvalue weighted by atomic mass is 9.96. The van der Waals surface area contributed by atoms with E-state index in [-0.39, 0.29) is 0 Å². The summed E-state index contributed by atoms with van der Waals surface area (Å²) in [5, 5.41) is 18.9. The summed E-state index contributed by atoms with van der Waals surface area (Å²) in [7, 11) is 0. The Kier molecular flexibility index (Phi) is 3.76. The number of nitrogens with zero attached hydrogens (tertiary/aromatic N) is 1. The molecule has 1 aromatic rings. The third kappa shape index (κ3) is 2.16. The van der Waals surface area contributed by atoms with Crippen molar-refractivity contribution in [1.82, 2.24) is 9.55 Å². The second-order valence-electron chi connectivity index (χ2n) is 4.31. The molecule has 1 aliphatic rings.